The van der Waals surface area contributed by atoms with Gasteiger partial charge in [-0.1, -0.05) is 0 Å². The number of hydrogen-bond donors (Lipinski definition) is 0. The van der Waals surface area contributed by atoms with Crippen molar-refractivity contribution in [1.29, 1.82) is 0 Å². The smallest absolute Gasteiger partial charge is 1.00 e. The Morgan fingerprint density at radius 1 is 0.649 bits per heavy atom. The van der Waals surface area contributed by atoms with Crippen molar-refractivity contribution in [3.05, 3.63) is 134 Å². The number of halogens is 4. The molecule has 1 nitrogen and oxygen atoms in total. The first-order chi connectivity index (χ1) is 17.1. The van der Waals surface area contributed by atoms with Crippen molar-refractivity contribution in [2.24, 2.45) is 0 Å². The molecule has 0 saturated carbocycles. The first kappa shape index (κ1) is 27.2. The molecule has 4 aromatic carbocycles. The van der Waals surface area contributed by atoms with Gasteiger partial charge in [0.05, 0.1) is 0 Å². The van der Waals surface area contributed by atoms with Gasteiger partial charge < -0.3 is 24.8 Å². The molecular formula is C31H21Br2Cl2NZr. The van der Waals surface area contributed by atoms with Crippen LogP contribution in [0.2, 0.25) is 0 Å². The van der Waals surface area contributed by atoms with Crippen molar-refractivity contribution >= 4 is 55.4 Å². The van der Waals surface area contributed by atoms with Crippen LogP contribution in [-0.4, -0.2) is 7.05 Å². The van der Waals surface area contributed by atoms with E-state index >= 15 is 0 Å². The summed E-state index contributed by atoms with van der Waals surface area (Å²) in [6.45, 7) is 0. The largest absolute Gasteiger partial charge is 1.00 e. The molecule has 0 amide bonds. The maximum Gasteiger partial charge on any atom is -1.00 e. The number of rotatable bonds is 3. The van der Waals surface area contributed by atoms with Crippen molar-refractivity contribution < 1.29 is 48.0 Å². The van der Waals surface area contributed by atoms with Crippen LogP contribution in [0, 0.1) is 0 Å². The Labute approximate surface area is 258 Å². The third-order valence-corrected chi connectivity index (χ3v) is 12.4. The number of allylic oxidation sites excluding steroid dienone is 2. The molecule has 2 unspecified atom stereocenters. The predicted molar refractivity (Wildman–Crippen MR) is 149 cm³/mol. The van der Waals surface area contributed by atoms with Gasteiger partial charge >= 0.3 is 236 Å². The van der Waals surface area contributed by atoms with Crippen LogP contribution in [0.3, 0.4) is 0 Å². The van der Waals surface area contributed by atoms with E-state index in [0.29, 0.717) is 11.8 Å². The molecule has 0 aromatic heterocycles. The SMILES string of the molecule is CN1c2ccc(cc2)C2[C]([Zr+2][C]3=Cc4cccc(Br)c4C3c3ccccc3)=Cc3c1ccc(Br)c32.[Cl-].[Cl-]. The standard InChI is InChI=1S/C16H11BrN.C15H10Br.2ClH.Zr/c1-18-11-4-2-10(3-5-11)12-6-7-13-15(18)9-8-14(17)16(12)13;16-14-8-4-7-12-9-10-13(15(12)14)11-5-2-1-3-6-11;;;/h2-5,7-9,12H,1H3;1-9,13H;2*1H;/q;;;;+2/p-2. The zero-order valence-electron chi connectivity index (χ0n) is 19.9. The normalized spacial score (nSPS) is 17.9. The third-order valence-electron chi connectivity index (χ3n) is 7.50. The summed E-state index contributed by atoms with van der Waals surface area (Å²) in [5.74, 6) is 0.662. The number of anilines is 2. The van der Waals surface area contributed by atoms with Crippen molar-refractivity contribution in [3.63, 3.8) is 0 Å². The molecule has 0 spiro atoms. The van der Waals surface area contributed by atoms with E-state index in [1.807, 2.05) is 0 Å². The number of nitrogens with zero attached hydrogens (tertiary/aromatic N) is 1. The van der Waals surface area contributed by atoms with Gasteiger partial charge in [-0.3, -0.25) is 0 Å². The fraction of sp³-hybridized carbons (Fsp3) is 0.0968. The molecule has 4 aromatic rings. The molecular weight excluding hydrogens is 708 g/mol. The van der Waals surface area contributed by atoms with E-state index in [9.17, 15) is 0 Å². The van der Waals surface area contributed by atoms with Gasteiger partial charge in [-0.2, -0.15) is 0 Å². The average Bonchev–Trinajstić information content (AvgIpc) is 3.45. The van der Waals surface area contributed by atoms with E-state index in [2.05, 4.69) is 141 Å². The molecule has 37 heavy (non-hydrogen) atoms. The Kier molecular flexibility index (Phi) is 7.80. The van der Waals surface area contributed by atoms with Crippen molar-refractivity contribution in [2.75, 3.05) is 11.9 Å². The number of benzene rings is 4. The van der Waals surface area contributed by atoms with Crippen LogP contribution in [0.5, 0.6) is 0 Å². The summed E-state index contributed by atoms with van der Waals surface area (Å²) in [6.07, 6.45) is 5.04. The summed E-state index contributed by atoms with van der Waals surface area (Å²) in [5.41, 5.74) is 10.9. The molecule has 8 rings (SSSR count). The van der Waals surface area contributed by atoms with E-state index in [-0.39, 0.29) is 24.8 Å². The molecule has 2 aliphatic heterocycles. The zero-order chi connectivity index (χ0) is 23.7. The van der Waals surface area contributed by atoms with Gasteiger partial charge in [-0.15, -0.1) is 0 Å². The van der Waals surface area contributed by atoms with Crippen LogP contribution in [0.4, 0.5) is 11.4 Å². The van der Waals surface area contributed by atoms with Gasteiger partial charge in [-0.25, -0.2) is 0 Å². The summed E-state index contributed by atoms with van der Waals surface area (Å²) >= 11 is 6.72. The van der Waals surface area contributed by atoms with Crippen LogP contribution in [-0.2, 0) is 23.2 Å². The summed E-state index contributed by atoms with van der Waals surface area (Å²) in [5, 5.41) is 0. The molecule has 2 aliphatic carbocycles. The van der Waals surface area contributed by atoms with Gasteiger partial charge in [0, 0.05) is 0 Å². The summed E-state index contributed by atoms with van der Waals surface area (Å²) in [4.78, 5) is 2.33. The second kappa shape index (κ2) is 10.6. The fourth-order valence-corrected chi connectivity index (χ4v) is 11.2. The number of fused-ring (bicyclic) bond motifs is 3. The van der Waals surface area contributed by atoms with Gasteiger partial charge in [0.2, 0.25) is 0 Å². The average molecular weight is 729 g/mol. The van der Waals surface area contributed by atoms with Crippen molar-refractivity contribution in [1.82, 2.24) is 0 Å². The molecule has 6 heteroatoms. The molecule has 4 aliphatic rings. The van der Waals surface area contributed by atoms with Crippen LogP contribution < -0.4 is 29.7 Å². The Bertz CT molecular complexity index is 1560. The maximum absolute atomic E-state index is 3.93. The maximum atomic E-state index is 3.93. The van der Waals surface area contributed by atoms with Crippen LogP contribution in [0.15, 0.2) is 100 Å². The molecule has 6 bridgehead atoms. The predicted octanol–water partition coefficient (Wildman–Crippen LogP) is 3.06. The summed E-state index contributed by atoms with van der Waals surface area (Å²) in [6, 6.07) is 31.4. The molecule has 0 radical (unpaired) electrons. The first-order valence-corrected chi connectivity index (χ1v) is 15.8. The van der Waals surface area contributed by atoms with Gasteiger partial charge in [0.25, 0.3) is 0 Å². The van der Waals surface area contributed by atoms with Crippen molar-refractivity contribution in [3.8, 4) is 0 Å². The molecule has 0 fully saturated rings. The monoisotopic (exact) mass is 725 g/mol. The minimum atomic E-state index is -1.10. The van der Waals surface area contributed by atoms with E-state index in [1.165, 1.54) is 53.7 Å². The van der Waals surface area contributed by atoms with Crippen LogP contribution >= 0.6 is 31.9 Å². The van der Waals surface area contributed by atoms with E-state index in [1.54, 1.807) is 6.56 Å². The second-order valence-electron chi connectivity index (χ2n) is 9.39. The summed E-state index contributed by atoms with van der Waals surface area (Å²) in [7, 11) is 2.18. The minimum Gasteiger partial charge on any atom is -1.00 e. The topological polar surface area (TPSA) is 3.24 Å². The molecule has 0 N–H and O–H groups in total. The second-order valence-corrected chi connectivity index (χ2v) is 14.5. The zero-order valence-corrected chi connectivity index (χ0v) is 27.0. The number of hydrogen-bond acceptors (Lipinski definition) is 1. The van der Waals surface area contributed by atoms with Gasteiger partial charge in [0.1, 0.15) is 0 Å². The van der Waals surface area contributed by atoms with Crippen LogP contribution in [0.25, 0.3) is 12.2 Å². The molecule has 2 heterocycles. The Hall–Kier alpha value is -1.42. The Morgan fingerprint density at radius 3 is 2.05 bits per heavy atom. The van der Waals surface area contributed by atoms with E-state index < -0.39 is 23.2 Å². The Balaban J connectivity index is 0.00000140. The van der Waals surface area contributed by atoms with Gasteiger partial charge in [0.15, 0.2) is 0 Å². The Morgan fingerprint density at radius 2 is 1.30 bits per heavy atom. The van der Waals surface area contributed by atoms with Gasteiger partial charge in [-0.05, 0) is 0 Å². The quantitative estimate of drug-likeness (QED) is 0.314. The summed E-state index contributed by atoms with van der Waals surface area (Å²) < 4.78 is 5.70. The molecule has 0 saturated heterocycles. The van der Waals surface area contributed by atoms with E-state index in [0.717, 1.165) is 0 Å². The minimum absolute atomic E-state index is 0. The first-order valence-electron chi connectivity index (χ1n) is 11.8. The molecule has 2 atom stereocenters. The van der Waals surface area contributed by atoms with Crippen molar-refractivity contribution in [2.45, 2.75) is 11.8 Å². The van der Waals surface area contributed by atoms with E-state index in [4.69, 9.17) is 0 Å². The van der Waals surface area contributed by atoms with Crippen LogP contribution in [0.1, 0.15) is 45.2 Å². The molecule has 182 valence electrons. The fourth-order valence-electron chi connectivity index (χ4n) is 5.87. The third kappa shape index (κ3) is 4.38.